The van der Waals surface area contributed by atoms with Crippen molar-refractivity contribution in [2.45, 2.75) is 19.4 Å². The molecule has 6 nitrogen and oxygen atoms in total. The summed E-state index contributed by atoms with van der Waals surface area (Å²) in [7, 11) is 0. The van der Waals surface area contributed by atoms with Gasteiger partial charge in [-0.15, -0.1) is 0 Å². The fourth-order valence-electron chi connectivity index (χ4n) is 3.54. The number of carboxylic acid groups (broad SMARTS) is 1. The van der Waals surface area contributed by atoms with Gasteiger partial charge in [0.1, 0.15) is 5.69 Å². The Balaban J connectivity index is 1.70. The second-order valence-corrected chi connectivity index (χ2v) is 6.63. The third-order valence-electron chi connectivity index (χ3n) is 4.90. The SMILES string of the molecule is O=C(Cc1ccccc1C(=O)O)c1ccc2cc3n(c2c1)CCCNC3=O. The predicted octanol–water partition coefficient (Wildman–Crippen LogP) is 2.90. The van der Waals surface area contributed by atoms with Crippen molar-refractivity contribution in [1.82, 2.24) is 9.88 Å². The van der Waals surface area contributed by atoms with E-state index in [1.165, 1.54) is 6.07 Å². The Kier molecular flexibility index (Phi) is 4.24. The van der Waals surface area contributed by atoms with Gasteiger partial charge in [-0.1, -0.05) is 30.3 Å². The fraction of sp³-hybridized carbons (Fsp3) is 0.190. The van der Waals surface area contributed by atoms with Gasteiger partial charge in [-0.2, -0.15) is 0 Å². The molecule has 2 N–H and O–H groups in total. The van der Waals surface area contributed by atoms with Crippen molar-refractivity contribution in [2.75, 3.05) is 6.54 Å². The Morgan fingerprint density at radius 3 is 2.74 bits per heavy atom. The number of Topliss-reactive ketones (excluding diaryl/α,β-unsaturated/α-hetero) is 1. The van der Waals surface area contributed by atoms with Crippen LogP contribution < -0.4 is 5.32 Å². The zero-order valence-corrected chi connectivity index (χ0v) is 14.6. The van der Waals surface area contributed by atoms with Crippen LogP contribution in [0, 0.1) is 0 Å². The summed E-state index contributed by atoms with van der Waals surface area (Å²) in [5, 5.41) is 13.1. The molecular weight excluding hydrogens is 344 g/mol. The number of benzene rings is 2. The average Bonchev–Trinajstić information content (AvgIpc) is 2.93. The largest absolute Gasteiger partial charge is 0.478 e. The van der Waals surface area contributed by atoms with E-state index >= 15 is 0 Å². The summed E-state index contributed by atoms with van der Waals surface area (Å²) in [6, 6.07) is 13.7. The van der Waals surface area contributed by atoms with Crippen molar-refractivity contribution in [3.05, 3.63) is 70.9 Å². The molecule has 27 heavy (non-hydrogen) atoms. The molecule has 0 unspecified atom stereocenters. The molecule has 0 saturated heterocycles. The van der Waals surface area contributed by atoms with Gasteiger partial charge < -0.3 is 15.0 Å². The predicted molar refractivity (Wildman–Crippen MR) is 100 cm³/mol. The number of aromatic carboxylic acids is 1. The Hall–Kier alpha value is -3.41. The molecular formula is C21H18N2O4. The van der Waals surface area contributed by atoms with Crippen LogP contribution in [-0.4, -0.2) is 33.9 Å². The van der Waals surface area contributed by atoms with Crippen molar-refractivity contribution in [3.8, 4) is 0 Å². The molecule has 6 heteroatoms. The van der Waals surface area contributed by atoms with E-state index in [2.05, 4.69) is 5.32 Å². The maximum absolute atomic E-state index is 12.8. The minimum Gasteiger partial charge on any atom is -0.478 e. The van der Waals surface area contributed by atoms with Crippen LogP contribution in [0.1, 0.15) is 43.2 Å². The molecule has 1 aromatic heterocycles. The third-order valence-corrected chi connectivity index (χ3v) is 4.90. The number of nitrogens with one attached hydrogen (secondary N) is 1. The van der Waals surface area contributed by atoms with Gasteiger partial charge in [-0.25, -0.2) is 4.79 Å². The van der Waals surface area contributed by atoms with Crippen molar-refractivity contribution >= 4 is 28.6 Å². The average molecular weight is 362 g/mol. The first-order valence-electron chi connectivity index (χ1n) is 8.80. The Morgan fingerprint density at radius 1 is 1.11 bits per heavy atom. The number of nitrogens with zero attached hydrogens (tertiary/aromatic N) is 1. The van der Waals surface area contributed by atoms with E-state index in [0.29, 0.717) is 29.9 Å². The number of carboxylic acids is 1. The second-order valence-electron chi connectivity index (χ2n) is 6.63. The number of ketones is 1. The first-order valence-corrected chi connectivity index (χ1v) is 8.80. The van der Waals surface area contributed by atoms with E-state index in [9.17, 15) is 19.5 Å². The maximum Gasteiger partial charge on any atom is 0.335 e. The number of carbonyl (C=O) groups is 3. The molecule has 1 amide bonds. The summed E-state index contributed by atoms with van der Waals surface area (Å²) in [4.78, 5) is 36.3. The lowest BCUT2D eigenvalue weighted by molar-refractivity contribution is 0.0695. The summed E-state index contributed by atoms with van der Waals surface area (Å²) in [6.45, 7) is 1.34. The topological polar surface area (TPSA) is 88.4 Å². The zero-order valence-electron chi connectivity index (χ0n) is 14.6. The number of hydrogen-bond donors (Lipinski definition) is 2. The van der Waals surface area contributed by atoms with Crippen LogP contribution >= 0.6 is 0 Å². The Labute approximate surface area is 155 Å². The van der Waals surface area contributed by atoms with E-state index in [0.717, 1.165) is 17.3 Å². The lowest BCUT2D eigenvalue weighted by atomic mass is 9.98. The van der Waals surface area contributed by atoms with E-state index in [1.807, 2.05) is 16.7 Å². The summed E-state index contributed by atoms with van der Waals surface area (Å²) in [6.07, 6.45) is 0.842. The molecule has 1 aliphatic heterocycles. The van der Waals surface area contributed by atoms with E-state index < -0.39 is 5.97 Å². The van der Waals surface area contributed by atoms with Crippen molar-refractivity contribution in [2.24, 2.45) is 0 Å². The minimum atomic E-state index is -1.04. The van der Waals surface area contributed by atoms with Crippen molar-refractivity contribution < 1.29 is 19.5 Å². The second kappa shape index (κ2) is 6.72. The maximum atomic E-state index is 12.8. The van der Waals surface area contributed by atoms with Gasteiger partial charge in [0.05, 0.1) is 5.56 Å². The Morgan fingerprint density at radius 2 is 1.93 bits per heavy atom. The monoisotopic (exact) mass is 362 g/mol. The lowest BCUT2D eigenvalue weighted by Crippen LogP contribution is -2.22. The highest BCUT2D eigenvalue weighted by Gasteiger charge is 2.20. The molecule has 4 rings (SSSR count). The van der Waals surface area contributed by atoms with Gasteiger partial charge in [0.15, 0.2) is 5.78 Å². The van der Waals surface area contributed by atoms with Crippen molar-refractivity contribution in [3.63, 3.8) is 0 Å². The molecule has 0 fully saturated rings. The van der Waals surface area contributed by atoms with Crippen LogP contribution in [0.3, 0.4) is 0 Å². The van der Waals surface area contributed by atoms with Gasteiger partial charge >= 0.3 is 5.97 Å². The van der Waals surface area contributed by atoms with E-state index in [-0.39, 0.29) is 23.7 Å². The van der Waals surface area contributed by atoms with Crippen LogP contribution in [0.5, 0.6) is 0 Å². The van der Waals surface area contributed by atoms with Gasteiger partial charge in [-0.05, 0) is 30.2 Å². The number of rotatable bonds is 4. The molecule has 0 saturated carbocycles. The fourth-order valence-corrected chi connectivity index (χ4v) is 3.54. The standard InChI is InChI=1S/C21H18N2O4/c24-19(12-13-4-1-2-5-16(13)21(26)27)15-7-6-14-10-18-20(25)22-8-3-9-23(18)17(14)11-15/h1-2,4-7,10-11H,3,8-9,12H2,(H,22,25)(H,26,27). The number of carbonyl (C=O) groups excluding carboxylic acids is 2. The molecule has 3 aromatic rings. The van der Waals surface area contributed by atoms with Gasteiger partial charge in [-0.3, -0.25) is 9.59 Å². The molecule has 0 radical (unpaired) electrons. The third kappa shape index (κ3) is 3.10. The summed E-state index contributed by atoms with van der Waals surface area (Å²) in [5.41, 5.74) is 2.58. The van der Waals surface area contributed by atoms with E-state index in [1.54, 1.807) is 30.3 Å². The number of hydrogen-bond acceptors (Lipinski definition) is 3. The van der Waals surface area contributed by atoms with Crippen LogP contribution in [0.4, 0.5) is 0 Å². The number of amides is 1. The molecule has 1 aliphatic rings. The summed E-state index contributed by atoms with van der Waals surface area (Å²) < 4.78 is 1.94. The normalized spacial score (nSPS) is 13.7. The van der Waals surface area contributed by atoms with Crippen LogP contribution in [0.25, 0.3) is 10.9 Å². The van der Waals surface area contributed by atoms with Crippen LogP contribution in [-0.2, 0) is 13.0 Å². The molecule has 0 aliphatic carbocycles. The highest BCUT2D eigenvalue weighted by molar-refractivity contribution is 6.04. The number of fused-ring (bicyclic) bond motifs is 3. The minimum absolute atomic E-state index is 0.0159. The first kappa shape index (κ1) is 17.0. The molecule has 2 aromatic carbocycles. The van der Waals surface area contributed by atoms with E-state index in [4.69, 9.17) is 0 Å². The highest BCUT2D eigenvalue weighted by Crippen LogP contribution is 2.24. The quantitative estimate of drug-likeness (QED) is 0.699. The van der Waals surface area contributed by atoms with Gasteiger partial charge in [0.2, 0.25) is 0 Å². The van der Waals surface area contributed by atoms with Crippen LogP contribution in [0.2, 0.25) is 0 Å². The molecule has 0 spiro atoms. The number of aromatic nitrogens is 1. The molecule has 2 heterocycles. The zero-order chi connectivity index (χ0) is 19.0. The summed E-state index contributed by atoms with van der Waals surface area (Å²) in [5.74, 6) is -1.30. The number of aryl methyl sites for hydroxylation is 1. The Bertz CT molecular complexity index is 1080. The summed E-state index contributed by atoms with van der Waals surface area (Å²) >= 11 is 0. The lowest BCUT2D eigenvalue weighted by Gasteiger charge is -2.08. The smallest absolute Gasteiger partial charge is 0.335 e. The molecule has 0 bridgehead atoms. The van der Waals surface area contributed by atoms with Crippen molar-refractivity contribution in [1.29, 1.82) is 0 Å². The first-order chi connectivity index (χ1) is 13.0. The molecule has 0 atom stereocenters. The molecule has 136 valence electrons. The highest BCUT2D eigenvalue weighted by atomic mass is 16.4. The van der Waals surface area contributed by atoms with Gasteiger partial charge in [0.25, 0.3) is 5.91 Å². The van der Waals surface area contributed by atoms with Gasteiger partial charge in [0, 0.05) is 36.0 Å². The van der Waals surface area contributed by atoms with Crippen LogP contribution in [0.15, 0.2) is 48.5 Å².